The smallest absolute Gasteiger partial charge is 0.744 e. The van der Waals surface area contributed by atoms with Crippen molar-refractivity contribution >= 4 is 54.2 Å². The van der Waals surface area contributed by atoms with Crippen LogP contribution in [0.2, 0.25) is 0 Å². The first-order valence-corrected chi connectivity index (χ1v) is 17.4. The van der Waals surface area contributed by atoms with Gasteiger partial charge in [-0.2, -0.15) is 4.58 Å². The third kappa shape index (κ3) is 7.31. The third-order valence-corrected chi connectivity index (χ3v) is 10.5. The molecule has 2 aliphatic rings. The van der Waals surface area contributed by atoms with Crippen molar-refractivity contribution in [3.63, 3.8) is 0 Å². The molecule has 0 saturated heterocycles. The van der Waals surface area contributed by atoms with Crippen LogP contribution in [-0.4, -0.2) is 60.2 Å². The number of nitrogens with zero attached hydrogens (tertiary/aromatic N) is 2. The third-order valence-electron chi connectivity index (χ3n) is 7.96. The predicted molar refractivity (Wildman–Crippen MR) is 163 cm³/mol. The Labute approximate surface area is 301 Å². The van der Waals surface area contributed by atoms with Gasteiger partial charge in [0.2, 0.25) is 5.69 Å². The Morgan fingerprint density at radius 1 is 0.953 bits per heavy atom. The average molecular weight is 671 g/mol. The Morgan fingerprint density at radius 2 is 1.53 bits per heavy atom. The molecule has 0 unspecified atom stereocenters. The molecule has 13 heteroatoms. The van der Waals surface area contributed by atoms with Gasteiger partial charge in [-0.3, -0.25) is 4.79 Å². The maximum atomic E-state index is 11.8. The Balaban J connectivity index is 0.00000506. The first-order chi connectivity index (χ1) is 19.4. The first-order valence-electron chi connectivity index (χ1n) is 13.6. The summed E-state index contributed by atoms with van der Waals surface area (Å²) in [5, 5.41) is 0.0406. The molecule has 0 fully saturated rings. The average Bonchev–Trinajstić information content (AvgIpc) is 3.23. The van der Waals surface area contributed by atoms with Gasteiger partial charge < -0.3 is 14.0 Å². The Bertz CT molecular complexity index is 1760. The number of likely N-dealkylation sites (N-methyl/N-ethyl adjacent to an activating group) is 1. The van der Waals surface area contributed by atoms with Gasteiger partial charge in [0.15, 0.2) is 10.8 Å². The van der Waals surface area contributed by atoms with E-state index in [0.717, 1.165) is 33.9 Å². The monoisotopic (exact) mass is 670 g/mol. The molecule has 0 aliphatic carbocycles. The van der Waals surface area contributed by atoms with E-state index in [4.69, 9.17) is 0 Å². The molecule has 2 aromatic carbocycles. The quantitative estimate of drug-likeness (QED) is 0.169. The number of carbonyl (C=O) groups is 1. The topological polar surface area (TPSA) is 138 Å². The summed E-state index contributed by atoms with van der Waals surface area (Å²) >= 11 is 1.25. The molecular weight excluding hydrogens is 636 g/mol. The molecule has 2 aliphatic heterocycles. The van der Waals surface area contributed by atoms with Gasteiger partial charge in [0.1, 0.15) is 26.8 Å². The number of fused-ring (bicyclic) bond motifs is 2. The molecule has 4 rings (SSSR count). The van der Waals surface area contributed by atoms with Crippen molar-refractivity contribution in [2.45, 2.75) is 68.6 Å². The van der Waals surface area contributed by atoms with Gasteiger partial charge in [-0.25, -0.2) is 16.8 Å². The van der Waals surface area contributed by atoms with Crippen LogP contribution < -0.4 is 56.3 Å². The minimum atomic E-state index is -4.64. The van der Waals surface area contributed by atoms with Gasteiger partial charge in [0, 0.05) is 60.1 Å². The Kier molecular flexibility index (Phi) is 11.2. The van der Waals surface area contributed by atoms with E-state index in [2.05, 4.69) is 9.48 Å². The van der Waals surface area contributed by atoms with E-state index < -0.39 is 31.1 Å². The molecule has 0 aromatic heterocycles. The number of carbonyl (C=O) groups excluding carboxylic acids is 1. The molecule has 0 spiro atoms. The van der Waals surface area contributed by atoms with E-state index in [0.29, 0.717) is 25.3 Å². The molecule has 226 valence electrons. The van der Waals surface area contributed by atoms with Crippen molar-refractivity contribution in [1.29, 1.82) is 0 Å². The van der Waals surface area contributed by atoms with Crippen molar-refractivity contribution in [3.05, 3.63) is 71.5 Å². The van der Waals surface area contributed by atoms with Gasteiger partial charge in [0.05, 0.1) is 15.2 Å². The second-order valence-corrected chi connectivity index (χ2v) is 15.4. The number of rotatable bonds is 9. The van der Waals surface area contributed by atoms with Crippen LogP contribution in [0.1, 0.15) is 59.1 Å². The second kappa shape index (κ2) is 13.3. The Morgan fingerprint density at radius 3 is 2.09 bits per heavy atom. The first kappa shape index (κ1) is 36.3. The zero-order chi connectivity index (χ0) is 31.3. The van der Waals surface area contributed by atoms with Gasteiger partial charge in [-0.05, 0) is 62.7 Å². The summed E-state index contributed by atoms with van der Waals surface area (Å²) in [5.41, 5.74) is 3.73. The maximum Gasteiger partial charge on any atom is 1.00 e. The molecule has 2 heterocycles. The minimum absolute atomic E-state index is 0. The van der Waals surface area contributed by atoms with Crippen LogP contribution in [0.3, 0.4) is 0 Å². The molecule has 9 nitrogen and oxygen atoms in total. The van der Waals surface area contributed by atoms with Crippen LogP contribution in [0.4, 0.5) is 11.4 Å². The molecule has 0 amide bonds. The van der Waals surface area contributed by atoms with Crippen LogP contribution in [0.5, 0.6) is 0 Å². The summed E-state index contributed by atoms with van der Waals surface area (Å²) in [6.07, 6.45) is 6.56. The van der Waals surface area contributed by atoms with Gasteiger partial charge >= 0.3 is 51.4 Å². The molecule has 2 aromatic rings. The van der Waals surface area contributed by atoms with Gasteiger partial charge in [-0.15, -0.1) is 0 Å². The number of hydrogen-bond acceptors (Lipinski definition) is 9. The molecule has 0 atom stereocenters. The molecular formula is C30H35KN2O7S3. The normalized spacial score (nSPS) is 18.2. The van der Waals surface area contributed by atoms with Crippen LogP contribution in [-0.2, 0) is 35.9 Å². The molecule has 0 N–H and O–H groups in total. The summed E-state index contributed by atoms with van der Waals surface area (Å²) in [7, 11) is -9.24. The SMILES string of the molecule is CCN1/C(=C\C=C\C2=[N+](CCCSC(C)=O)c3ccc(S(=O)(=O)[O-])cc3C2(C)C)C(C)(C)c2cc(S(=O)(=O)[O-])ccc21.[K+]. The zero-order valence-corrected chi connectivity index (χ0v) is 31.1. The van der Waals surface area contributed by atoms with Gasteiger partial charge in [-0.1, -0.05) is 31.7 Å². The van der Waals surface area contributed by atoms with E-state index in [-0.39, 0.29) is 66.3 Å². The number of thioether (sulfide) groups is 1. The van der Waals surface area contributed by atoms with Crippen LogP contribution >= 0.6 is 11.8 Å². The fourth-order valence-electron chi connectivity index (χ4n) is 5.87. The molecule has 0 radical (unpaired) electrons. The van der Waals surface area contributed by atoms with Crippen LogP contribution in [0, 0.1) is 0 Å². The summed E-state index contributed by atoms with van der Waals surface area (Å²) < 4.78 is 72.6. The standard InChI is InChI=1S/C30H36N2O7S3.K/c1-7-31-25-14-12-21(41(34,35)36)18-23(25)29(3,4)27(31)10-8-11-28-30(5,6)24-19-22(42(37,38)39)13-15-26(24)32(28)16-9-17-40-20(2)33;/h8,10-15,18-19H,7,9,16-17H2,1-6H3,(H-,34,35,36,37,38,39);/q;+1/p-1. The number of benzene rings is 2. The van der Waals surface area contributed by atoms with Crippen molar-refractivity contribution in [3.8, 4) is 0 Å². The van der Waals surface area contributed by atoms with Crippen molar-refractivity contribution < 1.29 is 86.7 Å². The van der Waals surface area contributed by atoms with E-state index in [1.165, 1.54) is 43.0 Å². The maximum absolute atomic E-state index is 11.8. The van der Waals surface area contributed by atoms with E-state index in [9.17, 15) is 30.7 Å². The molecule has 0 saturated carbocycles. The number of allylic oxidation sites excluding steroid dienone is 4. The van der Waals surface area contributed by atoms with Crippen molar-refractivity contribution in [1.82, 2.24) is 0 Å². The second-order valence-electron chi connectivity index (χ2n) is 11.4. The Hall–Kier alpha value is -1.13. The van der Waals surface area contributed by atoms with Crippen molar-refractivity contribution in [2.75, 3.05) is 23.7 Å². The summed E-state index contributed by atoms with van der Waals surface area (Å²) in [6.45, 7) is 12.6. The summed E-state index contributed by atoms with van der Waals surface area (Å²) in [6, 6.07) is 8.91. The van der Waals surface area contributed by atoms with Crippen LogP contribution in [0.15, 0.2) is 70.1 Å². The van der Waals surface area contributed by atoms with E-state index in [1.54, 1.807) is 12.1 Å². The van der Waals surface area contributed by atoms with E-state index in [1.807, 2.05) is 52.8 Å². The zero-order valence-electron chi connectivity index (χ0n) is 25.5. The fraction of sp³-hybridized carbons (Fsp3) is 0.400. The molecule has 43 heavy (non-hydrogen) atoms. The largest absolute Gasteiger partial charge is 1.00 e. The predicted octanol–water partition coefficient (Wildman–Crippen LogP) is 1.80. The minimum Gasteiger partial charge on any atom is -0.744 e. The fourth-order valence-corrected chi connectivity index (χ4v) is 7.43. The summed E-state index contributed by atoms with van der Waals surface area (Å²) in [5.74, 6) is 0.634. The number of anilines is 1. The van der Waals surface area contributed by atoms with E-state index >= 15 is 0 Å². The summed E-state index contributed by atoms with van der Waals surface area (Å²) in [4.78, 5) is 13.0. The van der Waals surface area contributed by atoms with Crippen LogP contribution in [0.25, 0.3) is 0 Å². The number of hydrogen-bond donors (Lipinski definition) is 0. The van der Waals surface area contributed by atoms with Crippen molar-refractivity contribution in [2.24, 2.45) is 0 Å². The molecule has 0 bridgehead atoms. The van der Waals surface area contributed by atoms with Gasteiger partial charge in [0.25, 0.3) is 0 Å².